The quantitative estimate of drug-likeness (QED) is 0.367. The molecule has 0 atom stereocenters. The lowest BCUT2D eigenvalue weighted by Crippen LogP contribution is -2.54. The molecule has 0 bridgehead atoms. The zero-order valence-electron chi connectivity index (χ0n) is 20.4. The molecule has 188 valence electrons. The number of aromatic carboxylic acids is 1. The Hall–Kier alpha value is -4.92. The van der Waals surface area contributed by atoms with E-state index in [2.05, 4.69) is 5.32 Å². The number of rotatable bonds is 7. The number of aryl methyl sites for hydroxylation is 1. The predicted octanol–water partition coefficient (Wildman–Crippen LogP) is 4.26. The van der Waals surface area contributed by atoms with Crippen LogP contribution in [0.2, 0.25) is 0 Å². The van der Waals surface area contributed by atoms with E-state index in [-0.39, 0.29) is 23.5 Å². The number of nitrogens with zero attached hydrogens (tertiary/aromatic N) is 1. The molecule has 9 heteroatoms. The number of carbonyl (C=O) groups excluding carboxylic acids is 3. The highest BCUT2D eigenvalue weighted by atomic mass is 16.5. The zero-order chi connectivity index (χ0) is 26.7. The predicted molar refractivity (Wildman–Crippen MR) is 136 cm³/mol. The first-order valence-corrected chi connectivity index (χ1v) is 11.3. The smallest absolute Gasteiger partial charge is 0.335 e. The van der Waals surface area contributed by atoms with Crippen molar-refractivity contribution in [1.82, 2.24) is 5.32 Å². The van der Waals surface area contributed by atoms with Crippen LogP contribution in [0.1, 0.15) is 32.6 Å². The van der Waals surface area contributed by atoms with Gasteiger partial charge in [0.15, 0.2) is 11.5 Å². The molecule has 4 rings (SSSR count). The van der Waals surface area contributed by atoms with Crippen molar-refractivity contribution in [1.29, 1.82) is 0 Å². The number of anilines is 1. The molecule has 1 fully saturated rings. The van der Waals surface area contributed by atoms with Crippen molar-refractivity contribution in [2.75, 3.05) is 12.0 Å². The van der Waals surface area contributed by atoms with Crippen molar-refractivity contribution in [3.63, 3.8) is 0 Å². The van der Waals surface area contributed by atoms with Crippen molar-refractivity contribution < 1.29 is 33.8 Å². The maximum atomic E-state index is 13.4. The Bertz CT molecular complexity index is 1440. The molecule has 37 heavy (non-hydrogen) atoms. The summed E-state index contributed by atoms with van der Waals surface area (Å²) in [5.74, 6) is -1.98. The van der Waals surface area contributed by atoms with Gasteiger partial charge in [0, 0.05) is 5.56 Å². The van der Waals surface area contributed by atoms with Gasteiger partial charge in [-0.25, -0.2) is 14.5 Å². The SMILES string of the molecule is COc1cccc(/C=C2\C(=O)NC(=O)N(c3cccc(C)c3C)C2=O)c1OCc1ccc(C(=O)O)cc1. The fraction of sp³-hybridized carbons (Fsp3) is 0.143. The number of barbiturate groups is 1. The van der Waals surface area contributed by atoms with Gasteiger partial charge < -0.3 is 14.6 Å². The van der Waals surface area contributed by atoms with Gasteiger partial charge in [-0.05, 0) is 60.9 Å². The summed E-state index contributed by atoms with van der Waals surface area (Å²) in [5, 5.41) is 11.3. The molecular formula is C28H24N2O7. The van der Waals surface area contributed by atoms with Crippen molar-refractivity contribution in [3.8, 4) is 11.5 Å². The maximum absolute atomic E-state index is 13.4. The van der Waals surface area contributed by atoms with E-state index in [4.69, 9.17) is 14.6 Å². The minimum Gasteiger partial charge on any atom is -0.493 e. The summed E-state index contributed by atoms with van der Waals surface area (Å²) < 4.78 is 11.4. The Kier molecular flexibility index (Phi) is 7.06. The third kappa shape index (κ3) is 5.06. The van der Waals surface area contributed by atoms with Gasteiger partial charge in [0.2, 0.25) is 0 Å². The number of hydrogen-bond donors (Lipinski definition) is 2. The summed E-state index contributed by atoms with van der Waals surface area (Å²) in [4.78, 5) is 50.8. The van der Waals surface area contributed by atoms with Crippen LogP contribution in [-0.2, 0) is 16.2 Å². The van der Waals surface area contributed by atoms with Gasteiger partial charge in [-0.3, -0.25) is 14.9 Å². The highest BCUT2D eigenvalue weighted by Gasteiger charge is 2.37. The van der Waals surface area contributed by atoms with Crippen LogP contribution in [0.5, 0.6) is 11.5 Å². The number of ether oxygens (including phenoxy) is 2. The molecule has 0 saturated carbocycles. The molecule has 1 aliphatic rings. The molecule has 3 aromatic rings. The molecule has 0 unspecified atom stereocenters. The van der Waals surface area contributed by atoms with Crippen LogP contribution in [0.3, 0.4) is 0 Å². The number of carboxylic acid groups (broad SMARTS) is 1. The van der Waals surface area contributed by atoms with E-state index < -0.39 is 23.8 Å². The van der Waals surface area contributed by atoms with Gasteiger partial charge in [-0.1, -0.05) is 36.4 Å². The Labute approximate surface area is 212 Å². The maximum Gasteiger partial charge on any atom is 0.335 e. The van der Waals surface area contributed by atoms with Crippen LogP contribution < -0.4 is 19.7 Å². The van der Waals surface area contributed by atoms with Crippen LogP contribution in [0.4, 0.5) is 10.5 Å². The van der Waals surface area contributed by atoms with Gasteiger partial charge in [-0.2, -0.15) is 0 Å². The zero-order valence-corrected chi connectivity index (χ0v) is 20.4. The Morgan fingerprint density at radius 2 is 1.70 bits per heavy atom. The topological polar surface area (TPSA) is 122 Å². The molecule has 1 heterocycles. The number of benzene rings is 3. The fourth-order valence-electron chi connectivity index (χ4n) is 3.87. The third-order valence-corrected chi connectivity index (χ3v) is 6.03. The lowest BCUT2D eigenvalue weighted by molar-refractivity contribution is -0.122. The summed E-state index contributed by atoms with van der Waals surface area (Å²) in [6, 6.07) is 15.6. The molecule has 1 saturated heterocycles. The summed E-state index contributed by atoms with van der Waals surface area (Å²) in [7, 11) is 1.46. The molecular weight excluding hydrogens is 476 g/mol. The first-order valence-electron chi connectivity index (χ1n) is 11.3. The van der Waals surface area contributed by atoms with E-state index in [1.165, 1.54) is 25.3 Å². The van der Waals surface area contributed by atoms with Gasteiger partial charge in [0.05, 0.1) is 18.4 Å². The van der Waals surface area contributed by atoms with E-state index >= 15 is 0 Å². The second-order valence-electron chi connectivity index (χ2n) is 8.35. The average molecular weight is 501 g/mol. The number of para-hydroxylation sites is 1. The highest BCUT2D eigenvalue weighted by Crippen LogP contribution is 2.34. The second-order valence-corrected chi connectivity index (χ2v) is 8.35. The van der Waals surface area contributed by atoms with Crippen molar-refractivity contribution in [2.24, 2.45) is 0 Å². The van der Waals surface area contributed by atoms with Gasteiger partial charge in [0.25, 0.3) is 11.8 Å². The molecule has 9 nitrogen and oxygen atoms in total. The van der Waals surface area contributed by atoms with E-state index in [1.54, 1.807) is 49.4 Å². The first kappa shape index (κ1) is 25.2. The number of hydrogen-bond acceptors (Lipinski definition) is 6. The molecule has 2 N–H and O–H groups in total. The van der Waals surface area contributed by atoms with E-state index in [9.17, 15) is 19.2 Å². The summed E-state index contributed by atoms with van der Waals surface area (Å²) in [5.41, 5.74) is 3.00. The number of nitrogens with one attached hydrogen (secondary N) is 1. The largest absolute Gasteiger partial charge is 0.493 e. The minimum absolute atomic E-state index is 0.0731. The Balaban J connectivity index is 1.69. The second kappa shape index (κ2) is 10.4. The Morgan fingerprint density at radius 3 is 2.38 bits per heavy atom. The van der Waals surface area contributed by atoms with Crippen LogP contribution in [0.15, 0.2) is 66.2 Å². The van der Waals surface area contributed by atoms with Crippen molar-refractivity contribution >= 4 is 35.6 Å². The highest BCUT2D eigenvalue weighted by molar-refractivity contribution is 6.39. The minimum atomic E-state index is -1.03. The first-order chi connectivity index (χ1) is 17.7. The molecule has 0 aliphatic carbocycles. The van der Waals surface area contributed by atoms with Gasteiger partial charge in [-0.15, -0.1) is 0 Å². The molecule has 0 radical (unpaired) electrons. The summed E-state index contributed by atoms with van der Waals surface area (Å²) in [6.07, 6.45) is 1.35. The van der Waals surface area contributed by atoms with Crippen molar-refractivity contribution in [3.05, 3.63) is 94.1 Å². The number of urea groups is 1. The average Bonchev–Trinajstić information content (AvgIpc) is 2.88. The number of imide groups is 2. The van der Waals surface area contributed by atoms with Crippen LogP contribution in [-0.4, -0.2) is 36.0 Å². The Morgan fingerprint density at radius 1 is 1.00 bits per heavy atom. The number of amides is 4. The molecule has 3 aromatic carbocycles. The normalized spacial score (nSPS) is 14.5. The number of methoxy groups -OCH3 is 1. The van der Waals surface area contributed by atoms with E-state index in [1.807, 2.05) is 13.0 Å². The molecule has 4 amide bonds. The van der Waals surface area contributed by atoms with Crippen molar-refractivity contribution in [2.45, 2.75) is 20.5 Å². The monoisotopic (exact) mass is 500 g/mol. The summed E-state index contributed by atoms with van der Waals surface area (Å²) in [6.45, 7) is 3.73. The lowest BCUT2D eigenvalue weighted by Gasteiger charge is -2.28. The van der Waals surface area contributed by atoms with E-state index in [0.29, 0.717) is 22.6 Å². The molecule has 0 spiro atoms. The molecule has 1 aliphatic heterocycles. The standard InChI is InChI=1S/C28H24N2O7/c1-16-6-4-8-22(17(16)2)30-26(32)21(25(31)29-28(30)35)14-20-7-5-9-23(36-3)24(20)37-15-18-10-12-19(13-11-18)27(33)34/h4-14H,15H2,1-3H3,(H,33,34)(H,29,31,35)/b21-14+. The van der Waals surface area contributed by atoms with E-state index in [0.717, 1.165) is 16.0 Å². The third-order valence-electron chi connectivity index (χ3n) is 6.03. The lowest BCUT2D eigenvalue weighted by atomic mass is 10.0. The van der Waals surface area contributed by atoms with Crippen LogP contribution >= 0.6 is 0 Å². The van der Waals surface area contributed by atoms with Gasteiger partial charge in [0.1, 0.15) is 12.2 Å². The van der Waals surface area contributed by atoms with Crippen LogP contribution in [0, 0.1) is 13.8 Å². The molecule has 0 aromatic heterocycles. The fourth-order valence-corrected chi connectivity index (χ4v) is 3.87. The summed E-state index contributed by atoms with van der Waals surface area (Å²) >= 11 is 0. The van der Waals surface area contributed by atoms with Crippen LogP contribution in [0.25, 0.3) is 6.08 Å². The number of carboxylic acids is 1. The number of carbonyl (C=O) groups is 4. The van der Waals surface area contributed by atoms with Gasteiger partial charge >= 0.3 is 12.0 Å².